The number of aliphatic hydroxyl groups excluding tert-OH is 1. The Hall–Kier alpha value is -0.610. The predicted octanol–water partition coefficient (Wildman–Crippen LogP) is -0.742. The van der Waals surface area contributed by atoms with Crippen LogP contribution in [-0.4, -0.2) is 30.3 Å². The molecule has 0 aliphatic rings. The van der Waals surface area contributed by atoms with Crippen LogP contribution in [0.1, 0.15) is 13.3 Å². The van der Waals surface area contributed by atoms with Gasteiger partial charge in [0.15, 0.2) is 0 Å². The molecule has 0 aliphatic heterocycles. The molecule has 4 nitrogen and oxygen atoms in total. The number of aliphatic hydroxyl groups is 1. The Balaban J connectivity index is 3.81. The van der Waals surface area contributed by atoms with E-state index >= 15 is 0 Å². The van der Waals surface area contributed by atoms with E-state index in [0.29, 0.717) is 6.42 Å². The van der Waals surface area contributed by atoms with Gasteiger partial charge in [-0.1, -0.05) is 6.92 Å². The molecule has 0 aromatic heterocycles. The van der Waals surface area contributed by atoms with E-state index in [1.54, 1.807) is 6.92 Å². The van der Waals surface area contributed by atoms with Crippen molar-refractivity contribution >= 4 is 5.97 Å². The summed E-state index contributed by atoms with van der Waals surface area (Å²) in [5.74, 6) is -0.575. The van der Waals surface area contributed by atoms with E-state index in [-0.39, 0.29) is 0 Å². The van der Waals surface area contributed by atoms with Crippen molar-refractivity contribution in [3.63, 3.8) is 0 Å². The van der Waals surface area contributed by atoms with Crippen LogP contribution in [0.25, 0.3) is 0 Å². The molecule has 0 spiro atoms. The third-order valence-electron chi connectivity index (χ3n) is 1.31. The smallest absolute Gasteiger partial charge is 0.325 e. The molecule has 0 radical (unpaired) electrons. The molecule has 0 amide bonds. The van der Waals surface area contributed by atoms with Crippen LogP contribution in [0.15, 0.2) is 0 Å². The van der Waals surface area contributed by atoms with Crippen molar-refractivity contribution in [1.29, 1.82) is 0 Å². The molecule has 3 N–H and O–H groups in total. The highest BCUT2D eigenvalue weighted by Crippen LogP contribution is 1.96. The van der Waals surface area contributed by atoms with E-state index in [2.05, 4.69) is 4.74 Å². The number of carbonyl (C=O) groups is 1. The molecule has 0 saturated carbocycles. The number of methoxy groups -OCH3 is 1. The minimum absolute atomic E-state index is 0.455. The number of nitrogens with two attached hydrogens (primary N) is 1. The topological polar surface area (TPSA) is 72.5 Å². The van der Waals surface area contributed by atoms with Crippen LogP contribution in [-0.2, 0) is 9.53 Å². The first-order valence-corrected chi connectivity index (χ1v) is 3.15. The Morgan fingerprint density at radius 3 is 2.60 bits per heavy atom. The van der Waals surface area contributed by atoms with Crippen LogP contribution in [0.4, 0.5) is 0 Å². The predicted molar refractivity (Wildman–Crippen MR) is 36.3 cm³/mol. The van der Waals surface area contributed by atoms with E-state index in [0.717, 1.165) is 0 Å². The highest BCUT2D eigenvalue weighted by Gasteiger charge is 2.20. The summed E-state index contributed by atoms with van der Waals surface area (Å²) in [7, 11) is 1.24. The van der Waals surface area contributed by atoms with Gasteiger partial charge in [-0.15, -0.1) is 0 Å². The van der Waals surface area contributed by atoms with Crippen LogP contribution < -0.4 is 5.73 Å². The standard InChI is InChI=1S/C6H13NO3/c1-3-4(8)5(7)6(9)10-2/h4-5,8H,3,7H2,1-2H3/t4-,5-/m0/s1. The molecular weight excluding hydrogens is 134 g/mol. The minimum Gasteiger partial charge on any atom is -0.468 e. The summed E-state index contributed by atoms with van der Waals surface area (Å²) < 4.78 is 4.31. The van der Waals surface area contributed by atoms with E-state index in [4.69, 9.17) is 10.8 Å². The van der Waals surface area contributed by atoms with E-state index in [1.165, 1.54) is 7.11 Å². The van der Waals surface area contributed by atoms with Gasteiger partial charge in [0.2, 0.25) is 0 Å². The maximum absolute atomic E-state index is 10.6. The van der Waals surface area contributed by atoms with E-state index in [1.807, 2.05) is 0 Å². The van der Waals surface area contributed by atoms with Gasteiger partial charge in [0.05, 0.1) is 13.2 Å². The molecule has 4 heteroatoms. The van der Waals surface area contributed by atoms with Crippen molar-refractivity contribution < 1.29 is 14.6 Å². The Morgan fingerprint density at radius 2 is 2.30 bits per heavy atom. The molecule has 2 atom stereocenters. The van der Waals surface area contributed by atoms with Crippen molar-refractivity contribution in [2.24, 2.45) is 5.73 Å². The normalized spacial score (nSPS) is 16.0. The van der Waals surface area contributed by atoms with Crippen molar-refractivity contribution in [2.45, 2.75) is 25.5 Å². The summed E-state index contributed by atoms with van der Waals surface area (Å²) in [4.78, 5) is 10.6. The van der Waals surface area contributed by atoms with Gasteiger partial charge < -0.3 is 15.6 Å². The summed E-state index contributed by atoms with van der Waals surface area (Å²) in [6, 6.07) is -0.907. The largest absolute Gasteiger partial charge is 0.468 e. The van der Waals surface area contributed by atoms with Gasteiger partial charge in [0.25, 0.3) is 0 Å². The minimum atomic E-state index is -0.907. The summed E-state index contributed by atoms with van der Waals surface area (Å²) in [6.45, 7) is 1.74. The summed E-state index contributed by atoms with van der Waals surface area (Å²) >= 11 is 0. The Bertz CT molecular complexity index is 116. The second-order valence-corrected chi connectivity index (χ2v) is 2.02. The molecule has 0 heterocycles. The third-order valence-corrected chi connectivity index (χ3v) is 1.31. The van der Waals surface area contributed by atoms with Gasteiger partial charge in [-0.3, -0.25) is 4.79 Å². The molecule has 0 aliphatic carbocycles. The SMILES string of the molecule is CC[C@H](O)[C@H](N)C(=O)OC. The van der Waals surface area contributed by atoms with Crippen molar-refractivity contribution in [3.8, 4) is 0 Å². The van der Waals surface area contributed by atoms with Crippen LogP contribution >= 0.6 is 0 Å². The van der Waals surface area contributed by atoms with Crippen molar-refractivity contribution in [3.05, 3.63) is 0 Å². The molecule has 10 heavy (non-hydrogen) atoms. The van der Waals surface area contributed by atoms with Gasteiger partial charge in [0, 0.05) is 0 Å². The lowest BCUT2D eigenvalue weighted by Gasteiger charge is -2.13. The maximum Gasteiger partial charge on any atom is 0.325 e. The maximum atomic E-state index is 10.6. The van der Waals surface area contributed by atoms with Gasteiger partial charge in [0.1, 0.15) is 6.04 Å². The number of carbonyl (C=O) groups excluding carboxylic acids is 1. The molecular formula is C6H13NO3. The van der Waals surface area contributed by atoms with Crippen molar-refractivity contribution in [2.75, 3.05) is 7.11 Å². The highest BCUT2D eigenvalue weighted by atomic mass is 16.5. The van der Waals surface area contributed by atoms with Gasteiger partial charge in [-0.2, -0.15) is 0 Å². The number of rotatable bonds is 3. The molecule has 0 saturated heterocycles. The molecule has 0 fully saturated rings. The second kappa shape index (κ2) is 4.24. The zero-order valence-electron chi connectivity index (χ0n) is 6.20. The third kappa shape index (κ3) is 2.33. The summed E-state index contributed by atoms with van der Waals surface area (Å²) in [5.41, 5.74) is 5.26. The lowest BCUT2D eigenvalue weighted by molar-refractivity contribution is -0.144. The number of hydrogen-bond acceptors (Lipinski definition) is 4. The molecule has 0 aromatic carbocycles. The quantitative estimate of drug-likeness (QED) is 0.515. The fourth-order valence-corrected chi connectivity index (χ4v) is 0.547. The Kier molecular flexibility index (Phi) is 3.99. The number of ether oxygens (including phenoxy) is 1. The number of esters is 1. The van der Waals surface area contributed by atoms with Gasteiger partial charge >= 0.3 is 5.97 Å². The molecule has 0 unspecified atom stereocenters. The fraction of sp³-hybridized carbons (Fsp3) is 0.833. The first kappa shape index (κ1) is 9.39. The van der Waals surface area contributed by atoms with Gasteiger partial charge in [-0.05, 0) is 6.42 Å². The average molecular weight is 147 g/mol. The molecule has 0 aromatic rings. The number of hydrogen-bond donors (Lipinski definition) is 2. The zero-order valence-corrected chi connectivity index (χ0v) is 6.20. The molecule has 0 rings (SSSR count). The van der Waals surface area contributed by atoms with Gasteiger partial charge in [-0.25, -0.2) is 0 Å². The summed E-state index contributed by atoms with van der Waals surface area (Å²) in [5, 5.41) is 9.00. The summed E-state index contributed by atoms with van der Waals surface area (Å²) in [6.07, 6.45) is -0.344. The second-order valence-electron chi connectivity index (χ2n) is 2.02. The van der Waals surface area contributed by atoms with Crippen LogP contribution in [0, 0.1) is 0 Å². The average Bonchev–Trinajstić information content (AvgIpc) is 2.00. The Morgan fingerprint density at radius 1 is 1.80 bits per heavy atom. The first-order valence-electron chi connectivity index (χ1n) is 3.15. The lowest BCUT2D eigenvalue weighted by Crippen LogP contribution is -2.42. The fourth-order valence-electron chi connectivity index (χ4n) is 0.547. The highest BCUT2D eigenvalue weighted by molar-refractivity contribution is 5.75. The first-order chi connectivity index (χ1) is 4.63. The molecule has 0 bridgehead atoms. The van der Waals surface area contributed by atoms with Crippen LogP contribution in [0.5, 0.6) is 0 Å². The van der Waals surface area contributed by atoms with Crippen LogP contribution in [0.3, 0.4) is 0 Å². The van der Waals surface area contributed by atoms with E-state index in [9.17, 15) is 4.79 Å². The zero-order chi connectivity index (χ0) is 8.15. The Labute approximate surface area is 60.0 Å². The molecule has 60 valence electrons. The lowest BCUT2D eigenvalue weighted by atomic mass is 10.1. The van der Waals surface area contributed by atoms with Crippen LogP contribution in [0.2, 0.25) is 0 Å². The van der Waals surface area contributed by atoms with Crippen molar-refractivity contribution in [1.82, 2.24) is 0 Å². The van der Waals surface area contributed by atoms with E-state index < -0.39 is 18.1 Å². The monoisotopic (exact) mass is 147 g/mol.